The molecular formula is C29H34N4O. The molecule has 2 aliphatic rings. The minimum atomic E-state index is 0.202. The van der Waals surface area contributed by atoms with E-state index >= 15 is 0 Å². The fraction of sp³-hybridized carbons (Fsp3) is 0.414. The van der Waals surface area contributed by atoms with E-state index in [2.05, 4.69) is 29.6 Å². The van der Waals surface area contributed by atoms with Crippen LogP contribution >= 0.6 is 0 Å². The third-order valence-corrected chi connectivity index (χ3v) is 7.25. The highest BCUT2D eigenvalue weighted by Crippen LogP contribution is 2.35. The van der Waals surface area contributed by atoms with Crippen molar-refractivity contribution in [2.75, 3.05) is 17.6 Å². The summed E-state index contributed by atoms with van der Waals surface area (Å²) in [5.74, 6) is 1.65. The Labute approximate surface area is 202 Å². The zero-order chi connectivity index (χ0) is 23.3. The number of aromatic nitrogens is 2. The second-order valence-electron chi connectivity index (χ2n) is 9.82. The van der Waals surface area contributed by atoms with Gasteiger partial charge in [0.25, 0.3) is 0 Å². The Morgan fingerprint density at radius 1 is 1.00 bits per heavy atom. The van der Waals surface area contributed by atoms with Crippen molar-refractivity contribution < 1.29 is 4.79 Å². The highest BCUT2D eigenvalue weighted by atomic mass is 16.1. The van der Waals surface area contributed by atoms with E-state index in [1.165, 1.54) is 43.2 Å². The van der Waals surface area contributed by atoms with Crippen LogP contribution in [0.1, 0.15) is 61.0 Å². The number of nitrogen functional groups attached to an aromatic ring is 1. The number of ketones is 1. The number of hydrogen-bond donors (Lipinski definition) is 2. The van der Waals surface area contributed by atoms with Crippen molar-refractivity contribution in [1.29, 1.82) is 0 Å². The molecule has 2 aromatic carbocycles. The number of rotatable bonds is 8. The number of fused-ring (bicyclic) bond motifs is 3. The normalized spacial score (nSPS) is 15.4. The molecule has 5 rings (SSSR count). The van der Waals surface area contributed by atoms with Crippen LogP contribution in [0.3, 0.4) is 0 Å². The second-order valence-corrected chi connectivity index (χ2v) is 9.82. The summed E-state index contributed by atoms with van der Waals surface area (Å²) in [5, 5.41) is 3.38. The maximum absolute atomic E-state index is 12.7. The molecule has 3 N–H and O–H groups in total. The van der Waals surface area contributed by atoms with E-state index in [0.29, 0.717) is 18.9 Å². The zero-order valence-corrected chi connectivity index (χ0v) is 19.9. The molecule has 1 heterocycles. The first-order valence-electron chi connectivity index (χ1n) is 12.7. The average Bonchev–Trinajstić information content (AvgIpc) is 2.87. The lowest BCUT2D eigenvalue weighted by molar-refractivity contribution is -0.117. The maximum Gasteiger partial charge on any atom is 0.152 e. The van der Waals surface area contributed by atoms with Gasteiger partial charge in [-0.15, -0.1) is 0 Å². The number of nitrogens with two attached hydrogens (primary N) is 1. The SMILES string of the molecule is Nc1ccc2c(c1)CCc1nc(NCC(=O)CCc3ccccc3)c(CC3CCCCC3)nc1-2. The van der Waals surface area contributed by atoms with Crippen LogP contribution in [-0.2, 0) is 30.5 Å². The van der Waals surface area contributed by atoms with Crippen molar-refractivity contribution in [3.63, 3.8) is 0 Å². The molecule has 0 saturated heterocycles. The van der Waals surface area contributed by atoms with E-state index in [4.69, 9.17) is 15.7 Å². The first-order chi connectivity index (χ1) is 16.7. The van der Waals surface area contributed by atoms with Gasteiger partial charge in [0.05, 0.1) is 23.6 Å². The fourth-order valence-electron chi connectivity index (χ4n) is 5.35. The molecule has 0 bridgehead atoms. The molecule has 1 aromatic heterocycles. The molecule has 5 heteroatoms. The average molecular weight is 455 g/mol. The molecule has 3 aromatic rings. The van der Waals surface area contributed by atoms with Crippen LogP contribution in [0.2, 0.25) is 0 Å². The number of nitrogens with zero attached hydrogens (tertiary/aromatic N) is 2. The number of hydrogen-bond acceptors (Lipinski definition) is 5. The molecular weight excluding hydrogens is 420 g/mol. The van der Waals surface area contributed by atoms with E-state index < -0.39 is 0 Å². The number of benzene rings is 2. The lowest BCUT2D eigenvalue weighted by Crippen LogP contribution is -2.20. The largest absolute Gasteiger partial charge is 0.399 e. The number of anilines is 2. The summed E-state index contributed by atoms with van der Waals surface area (Å²) in [7, 11) is 0. The predicted molar refractivity (Wildman–Crippen MR) is 138 cm³/mol. The quantitative estimate of drug-likeness (QED) is 0.436. The Morgan fingerprint density at radius 3 is 2.65 bits per heavy atom. The summed E-state index contributed by atoms with van der Waals surface area (Å²) in [4.78, 5) is 22.9. The molecule has 34 heavy (non-hydrogen) atoms. The first kappa shape index (κ1) is 22.6. The van der Waals surface area contributed by atoms with Gasteiger partial charge in [0.2, 0.25) is 0 Å². The van der Waals surface area contributed by atoms with E-state index in [0.717, 1.165) is 59.8 Å². The maximum atomic E-state index is 12.7. The highest BCUT2D eigenvalue weighted by molar-refractivity contribution is 5.83. The standard InChI is InChI=1S/C29H34N4O/c30-23-13-15-25-22(18-23)12-16-26-28(25)32-27(17-21-9-5-2-6-10-21)29(33-26)31-19-24(34)14-11-20-7-3-1-4-8-20/h1,3-4,7-8,13,15,18,21H,2,5-6,9-12,14,16-17,19,30H2,(H,31,33). The summed E-state index contributed by atoms with van der Waals surface area (Å²) in [6, 6.07) is 16.3. The summed E-state index contributed by atoms with van der Waals surface area (Å²) in [6.07, 6.45) is 10.4. The Balaban J connectivity index is 1.35. The van der Waals surface area contributed by atoms with Crippen molar-refractivity contribution in [3.8, 4) is 11.3 Å². The van der Waals surface area contributed by atoms with Crippen LogP contribution in [0.4, 0.5) is 11.5 Å². The van der Waals surface area contributed by atoms with Crippen LogP contribution < -0.4 is 11.1 Å². The molecule has 176 valence electrons. The predicted octanol–water partition coefficient (Wildman–Crippen LogP) is 5.56. The molecule has 0 unspecified atom stereocenters. The van der Waals surface area contributed by atoms with E-state index in [9.17, 15) is 4.79 Å². The summed E-state index contributed by atoms with van der Waals surface area (Å²) in [6.45, 7) is 0.297. The molecule has 0 radical (unpaired) electrons. The topological polar surface area (TPSA) is 80.9 Å². The summed E-state index contributed by atoms with van der Waals surface area (Å²) < 4.78 is 0. The first-order valence-corrected chi connectivity index (χ1v) is 12.7. The number of Topliss-reactive ketones (excluding diaryl/α,β-unsaturated/α-hetero) is 1. The van der Waals surface area contributed by atoms with Crippen LogP contribution in [-0.4, -0.2) is 22.3 Å². The van der Waals surface area contributed by atoms with Gasteiger partial charge < -0.3 is 11.1 Å². The molecule has 0 atom stereocenters. The molecule has 5 nitrogen and oxygen atoms in total. The van der Waals surface area contributed by atoms with Gasteiger partial charge in [0.15, 0.2) is 5.78 Å². The molecule has 1 saturated carbocycles. The second kappa shape index (κ2) is 10.4. The Bertz CT molecular complexity index is 1150. The van der Waals surface area contributed by atoms with Crippen LogP contribution in [0.5, 0.6) is 0 Å². The van der Waals surface area contributed by atoms with Crippen LogP contribution in [0.15, 0.2) is 48.5 Å². The van der Waals surface area contributed by atoms with Crippen molar-refractivity contribution in [1.82, 2.24) is 9.97 Å². The Morgan fingerprint density at radius 2 is 1.82 bits per heavy atom. The lowest BCUT2D eigenvalue weighted by Gasteiger charge is -2.25. The Kier molecular flexibility index (Phi) is 6.89. The van der Waals surface area contributed by atoms with Gasteiger partial charge in [-0.1, -0.05) is 68.5 Å². The molecule has 0 amide bonds. The van der Waals surface area contributed by atoms with Gasteiger partial charge in [-0.05, 0) is 54.9 Å². The van der Waals surface area contributed by atoms with E-state index in [1.54, 1.807) is 0 Å². The van der Waals surface area contributed by atoms with Crippen LogP contribution in [0, 0.1) is 5.92 Å². The monoisotopic (exact) mass is 454 g/mol. The zero-order valence-electron chi connectivity index (χ0n) is 19.9. The third-order valence-electron chi connectivity index (χ3n) is 7.25. The molecule has 0 spiro atoms. The number of carbonyl (C=O) groups is 1. The van der Waals surface area contributed by atoms with Crippen molar-refractivity contribution >= 4 is 17.3 Å². The molecule has 0 aliphatic heterocycles. The smallest absolute Gasteiger partial charge is 0.152 e. The molecule has 2 aliphatic carbocycles. The van der Waals surface area contributed by atoms with Crippen molar-refractivity contribution in [3.05, 3.63) is 71.0 Å². The van der Waals surface area contributed by atoms with Gasteiger partial charge in [-0.2, -0.15) is 0 Å². The van der Waals surface area contributed by atoms with E-state index in [-0.39, 0.29) is 5.78 Å². The van der Waals surface area contributed by atoms with Crippen LogP contribution in [0.25, 0.3) is 11.3 Å². The van der Waals surface area contributed by atoms with Gasteiger partial charge in [0.1, 0.15) is 5.82 Å². The highest BCUT2D eigenvalue weighted by Gasteiger charge is 2.24. The summed E-state index contributed by atoms with van der Waals surface area (Å²) >= 11 is 0. The summed E-state index contributed by atoms with van der Waals surface area (Å²) in [5.41, 5.74) is 13.4. The van der Waals surface area contributed by atoms with Crippen molar-refractivity contribution in [2.24, 2.45) is 5.92 Å². The van der Waals surface area contributed by atoms with Gasteiger partial charge in [0, 0.05) is 17.7 Å². The Hall–Kier alpha value is -3.21. The molecule has 1 fully saturated rings. The third kappa shape index (κ3) is 5.30. The minimum Gasteiger partial charge on any atom is -0.399 e. The van der Waals surface area contributed by atoms with Gasteiger partial charge >= 0.3 is 0 Å². The number of aryl methyl sites for hydroxylation is 3. The fourth-order valence-corrected chi connectivity index (χ4v) is 5.35. The van der Waals surface area contributed by atoms with Gasteiger partial charge in [-0.3, -0.25) is 4.79 Å². The van der Waals surface area contributed by atoms with E-state index in [1.807, 2.05) is 24.3 Å². The minimum absolute atomic E-state index is 0.202. The van der Waals surface area contributed by atoms with Crippen molar-refractivity contribution in [2.45, 2.75) is 64.2 Å². The number of nitrogens with one attached hydrogen (secondary N) is 1. The number of carbonyl (C=O) groups excluding carboxylic acids is 1. The lowest BCUT2D eigenvalue weighted by atomic mass is 9.85. The van der Waals surface area contributed by atoms with Gasteiger partial charge in [-0.25, -0.2) is 9.97 Å².